The minimum absolute atomic E-state index is 0.0785. The number of hydrogen-bond donors (Lipinski definition) is 3. The van der Waals surface area contributed by atoms with Crippen molar-refractivity contribution in [3.8, 4) is 0 Å². The van der Waals surface area contributed by atoms with Crippen molar-refractivity contribution >= 4 is 11.8 Å². The van der Waals surface area contributed by atoms with Crippen LogP contribution < -0.4 is 15.1 Å². The number of nitrogens with one attached hydrogen (secondary N) is 3. The van der Waals surface area contributed by atoms with E-state index in [0.29, 0.717) is 19.6 Å². The number of amides is 2. The van der Waals surface area contributed by atoms with Crippen LogP contribution in [0.15, 0.2) is 24.3 Å². The molecule has 1 fully saturated rings. The molecule has 1 aromatic carbocycles. The topological polar surface area (TPSA) is 58.3 Å². The monoisotopic (exact) mass is 362 g/mol. The number of aryl methyl sites for hydroxylation is 1. The predicted molar refractivity (Wildman–Crippen MR) is 102 cm³/mol. The van der Waals surface area contributed by atoms with Gasteiger partial charge < -0.3 is 20.0 Å². The first-order valence-electron chi connectivity index (χ1n) is 9.79. The zero-order chi connectivity index (χ0) is 18.9. The fourth-order valence-corrected chi connectivity index (χ4v) is 3.52. The molecule has 0 spiro atoms. The molecule has 0 unspecified atom stereocenters. The number of carbonyl (C=O) groups excluding carboxylic acids is 2. The Labute approximate surface area is 157 Å². The Hall–Kier alpha value is -1.92. The molecule has 6 heteroatoms. The van der Waals surface area contributed by atoms with Gasteiger partial charge >= 0.3 is 0 Å². The van der Waals surface area contributed by atoms with Crippen molar-refractivity contribution in [2.45, 2.75) is 27.3 Å². The molecule has 0 aromatic heterocycles. The Morgan fingerprint density at radius 1 is 1.08 bits per heavy atom. The van der Waals surface area contributed by atoms with Gasteiger partial charge in [-0.3, -0.25) is 9.59 Å². The quantitative estimate of drug-likeness (QED) is 0.514. The Kier molecular flexibility index (Phi) is 8.06. The Morgan fingerprint density at radius 3 is 2.35 bits per heavy atom. The molecule has 0 atom stereocenters. The average molecular weight is 363 g/mol. The lowest BCUT2D eigenvalue weighted by molar-refractivity contribution is -1.02. The maximum absolute atomic E-state index is 12.5. The first kappa shape index (κ1) is 20.4. The van der Waals surface area contributed by atoms with Gasteiger partial charge in [0.25, 0.3) is 5.91 Å². The third kappa shape index (κ3) is 6.11. The van der Waals surface area contributed by atoms with E-state index in [0.717, 1.165) is 32.7 Å². The Bertz CT molecular complexity index is 597. The van der Waals surface area contributed by atoms with Gasteiger partial charge in [-0.05, 0) is 26.3 Å². The first-order valence-corrected chi connectivity index (χ1v) is 9.79. The molecule has 1 saturated heterocycles. The predicted octanol–water partition coefficient (Wildman–Crippen LogP) is -1.74. The second-order valence-electron chi connectivity index (χ2n) is 7.14. The molecule has 0 radical (unpaired) electrons. The van der Waals surface area contributed by atoms with Crippen molar-refractivity contribution in [2.24, 2.45) is 0 Å². The van der Waals surface area contributed by atoms with Crippen LogP contribution in [0.3, 0.4) is 0 Å². The van der Waals surface area contributed by atoms with Gasteiger partial charge in [-0.15, -0.1) is 0 Å². The first-order chi connectivity index (χ1) is 12.5. The Balaban J connectivity index is 1.77. The summed E-state index contributed by atoms with van der Waals surface area (Å²) in [6, 6.07) is 8.58. The summed E-state index contributed by atoms with van der Waals surface area (Å²) in [4.78, 5) is 28.8. The third-order valence-electron chi connectivity index (χ3n) is 5.21. The van der Waals surface area contributed by atoms with Crippen molar-refractivity contribution in [1.29, 1.82) is 0 Å². The number of nitrogens with zero attached hydrogens (tertiary/aromatic N) is 1. The summed E-state index contributed by atoms with van der Waals surface area (Å²) in [7, 11) is 0. The van der Waals surface area contributed by atoms with Crippen molar-refractivity contribution in [2.75, 3.05) is 52.4 Å². The van der Waals surface area contributed by atoms with Gasteiger partial charge in [0.05, 0.1) is 6.54 Å². The normalized spacial score (nSPS) is 19.8. The summed E-state index contributed by atoms with van der Waals surface area (Å²) in [6.45, 7) is 13.1. The molecule has 2 rings (SSSR count). The van der Waals surface area contributed by atoms with Gasteiger partial charge in [-0.1, -0.05) is 24.3 Å². The highest BCUT2D eigenvalue weighted by Crippen LogP contribution is 2.04. The van der Waals surface area contributed by atoms with Gasteiger partial charge in [0.15, 0.2) is 6.54 Å². The van der Waals surface area contributed by atoms with Gasteiger partial charge in [-0.2, -0.15) is 0 Å². The molecule has 2 amide bonds. The lowest BCUT2D eigenvalue weighted by Gasteiger charge is -2.31. The third-order valence-corrected chi connectivity index (χ3v) is 5.21. The zero-order valence-electron chi connectivity index (χ0n) is 16.4. The number of likely N-dealkylation sites (N-methyl/N-ethyl adjacent to an activating group) is 2. The summed E-state index contributed by atoms with van der Waals surface area (Å²) < 4.78 is 0. The van der Waals surface area contributed by atoms with Crippen molar-refractivity contribution in [3.63, 3.8) is 0 Å². The molecule has 0 bridgehead atoms. The highest BCUT2D eigenvalue weighted by atomic mass is 16.2. The van der Waals surface area contributed by atoms with Crippen molar-refractivity contribution in [1.82, 2.24) is 10.2 Å². The summed E-state index contributed by atoms with van der Waals surface area (Å²) in [5.74, 6) is 0.00121. The standard InChI is InChI=1S/C20H32N4O2/c1-4-21-19(25)15-24(5-2)20(26)16-23-12-10-22(11-13-23)14-18-9-7-6-8-17(18)3/h6-9H,4-5,10-16H2,1-3H3,(H,21,25)/p+2. The lowest BCUT2D eigenvalue weighted by Crippen LogP contribution is -3.28. The van der Waals surface area contributed by atoms with E-state index >= 15 is 0 Å². The zero-order valence-corrected chi connectivity index (χ0v) is 16.4. The van der Waals surface area contributed by atoms with E-state index in [9.17, 15) is 9.59 Å². The molecular formula is C20H34N4O2+2. The number of carbonyl (C=O) groups is 2. The van der Waals surface area contributed by atoms with Gasteiger partial charge in [-0.25, -0.2) is 0 Å². The molecule has 1 aromatic rings. The molecule has 0 aliphatic carbocycles. The second kappa shape index (κ2) is 10.3. The smallest absolute Gasteiger partial charge is 0.278 e. The number of hydrogen-bond acceptors (Lipinski definition) is 2. The van der Waals surface area contributed by atoms with Crippen molar-refractivity contribution < 1.29 is 19.4 Å². The van der Waals surface area contributed by atoms with E-state index in [1.807, 2.05) is 13.8 Å². The molecule has 3 N–H and O–H groups in total. The maximum atomic E-state index is 12.5. The SMILES string of the molecule is CCNC(=O)CN(CC)C(=O)C[NH+]1CC[NH+](Cc2ccccc2C)CC1. The van der Waals surface area contributed by atoms with E-state index in [4.69, 9.17) is 0 Å². The van der Waals surface area contributed by atoms with E-state index in [1.165, 1.54) is 16.0 Å². The van der Waals surface area contributed by atoms with Crippen molar-refractivity contribution in [3.05, 3.63) is 35.4 Å². The summed E-state index contributed by atoms with van der Waals surface area (Å²) >= 11 is 0. The largest absolute Gasteiger partial charge is 0.355 e. The average Bonchev–Trinajstić information content (AvgIpc) is 2.63. The van der Waals surface area contributed by atoms with Crippen LogP contribution in [0.1, 0.15) is 25.0 Å². The molecule has 1 aliphatic heterocycles. The lowest BCUT2D eigenvalue weighted by atomic mass is 10.1. The van der Waals surface area contributed by atoms with Crippen LogP contribution in [0, 0.1) is 6.92 Å². The van der Waals surface area contributed by atoms with E-state index in [-0.39, 0.29) is 18.4 Å². The highest BCUT2D eigenvalue weighted by molar-refractivity contribution is 5.85. The van der Waals surface area contributed by atoms with Crippen LogP contribution in [0.4, 0.5) is 0 Å². The van der Waals surface area contributed by atoms with E-state index in [1.54, 1.807) is 9.80 Å². The van der Waals surface area contributed by atoms with Crippen LogP contribution in [0.5, 0.6) is 0 Å². The summed E-state index contributed by atoms with van der Waals surface area (Å²) in [6.07, 6.45) is 0. The summed E-state index contributed by atoms with van der Waals surface area (Å²) in [5.41, 5.74) is 2.77. The fraction of sp³-hybridized carbons (Fsp3) is 0.600. The summed E-state index contributed by atoms with van der Waals surface area (Å²) in [5, 5.41) is 2.76. The van der Waals surface area contributed by atoms with Gasteiger partial charge in [0, 0.05) is 18.7 Å². The van der Waals surface area contributed by atoms with E-state index in [2.05, 4.69) is 36.5 Å². The molecule has 6 nitrogen and oxygen atoms in total. The minimum Gasteiger partial charge on any atom is -0.355 e. The number of quaternary nitrogens is 2. The van der Waals surface area contributed by atoms with Gasteiger partial charge in [0.2, 0.25) is 5.91 Å². The molecule has 1 aliphatic rings. The van der Waals surface area contributed by atoms with Crippen LogP contribution in [-0.4, -0.2) is 69.1 Å². The minimum atomic E-state index is -0.0785. The van der Waals surface area contributed by atoms with Gasteiger partial charge in [0.1, 0.15) is 32.7 Å². The highest BCUT2D eigenvalue weighted by Gasteiger charge is 2.27. The Morgan fingerprint density at radius 2 is 1.73 bits per heavy atom. The number of benzene rings is 1. The van der Waals surface area contributed by atoms with E-state index < -0.39 is 0 Å². The molecule has 1 heterocycles. The molecular weight excluding hydrogens is 328 g/mol. The van der Waals surface area contributed by atoms with Crippen LogP contribution in [-0.2, 0) is 16.1 Å². The van der Waals surface area contributed by atoms with Crippen LogP contribution >= 0.6 is 0 Å². The molecule has 144 valence electrons. The fourth-order valence-electron chi connectivity index (χ4n) is 3.52. The number of rotatable bonds is 8. The molecule has 26 heavy (non-hydrogen) atoms. The number of piperazine rings is 1. The second-order valence-corrected chi connectivity index (χ2v) is 7.14. The molecule has 0 saturated carbocycles. The van der Waals surface area contributed by atoms with Crippen LogP contribution in [0.25, 0.3) is 0 Å². The maximum Gasteiger partial charge on any atom is 0.278 e. The van der Waals surface area contributed by atoms with Crippen LogP contribution in [0.2, 0.25) is 0 Å².